The highest BCUT2D eigenvalue weighted by atomic mass is 31.2. The van der Waals surface area contributed by atoms with Gasteiger partial charge in [-0.2, -0.15) is 0 Å². The molecule has 0 heterocycles. The Balaban J connectivity index is 2.69. The van der Waals surface area contributed by atoms with Crippen LogP contribution in [0.15, 0.2) is 30.3 Å². The summed E-state index contributed by atoms with van der Waals surface area (Å²) in [5.74, 6) is 0. The van der Waals surface area contributed by atoms with Crippen molar-refractivity contribution in [3.63, 3.8) is 0 Å². The van der Waals surface area contributed by atoms with Gasteiger partial charge in [-0.3, -0.25) is 0 Å². The highest BCUT2D eigenvalue weighted by molar-refractivity contribution is 7.77. The Labute approximate surface area is 81.5 Å². The lowest BCUT2D eigenvalue weighted by molar-refractivity contribution is 0.350. The summed E-state index contributed by atoms with van der Waals surface area (Å²) >= 11 is 0. The molecule has 0 bridgehead atoms. The van der Waals surface area contributed by atoms with Gasteiger partial charge in [0.25, 0.3) is 0 Å². The molecule has 72 valence electrons. The van der Waals surface area contributed by atoms with E-state index >= 15 is 0 Å². The minimum atomic E-state index is -1.31. The lowest BCUT2D eigenvalue weighted by Gasteiger charge is -2.16. The lowest BCUT2D eigenvalue weighted by Crippen LogP contribution is -2.11. The molecule has 1 rings (SSSR count). The fourth-order valence-corrected chi connectivity index (χ4v) is 2.86. The molecule has 0 N–H and O–H groups in total. The Morgan fingerprint density at radius 2 is 1.77 bits per heavy atom. The minimum Gasteiger partial charge on any atom is -0.233 e. The molecule has 0 aromatic heterocycles. The molecule has 0 fully saturated rings. The first-order valence-corrected chi connectivity index (χ1v) is 7.31. The van der Waals surface area contributed by atoms with Crippen LogP contribution in [0.2, 0.25) is 0 Å². The van der Waals surface area contributed by atoms with E-state index in [9.17, 15) is 0 Å². The fraction of sp³-hybridized carbons (Fsp3) is 0.455. The van der Waals surface area contributed by atoms with E-state index in [1.54, 1.807) is 0 Å². The van der Waals surface area contributed by atoms with Crippen molar-refractivity contribution in [2.75, 3.05) is 19.9 Å². The predicted octanol–water partition coefficient (Wildman–Crippen LogP) is 2.93. The van der Waals surface area contributed by atoms with Gasteiger partial charge in [0.1, 0.15) is 5.30 Å². The smallest absolute Gasteiger partial charge is 0.172 e. The van der Waals surface area contributed by atoms with Crippen molar-refractivity contribution in [1.82, 2.24) is 0 Å². The van der Waals surface area contributed by atoms with E-state index in [1.165, 1.54) is 5.30 Å². The second-order valence-corrected chi connectivity index (χ2v) is 7.00. The summed E-state index contributed by atoms with van der Waals surface area (Å²) in [5.41, 5.74) is 0. The third kappa shape index (κ3) is 3.10. The average molecular weight is 197 g/mol. The van der Waals surface area contributed by atoms with Gasteiger partial charge in [0, 0.05) is 0 Å². The van der Waals surface area contributed by atoms with Crippen LogP contribution in [0.5, 0.6) is 0 Å². The third-order valence-electron chi connectivity index (χ3n) is 2.00. The molecular formula is C11H18OP+. The monoisotopic (exact) mass is 197 g/mol. The molecule has 2 heteroatoms. The minimum absolute atomic E-state index is 0.871. The SMILES string of the molecule is CCCO[P+](C)(C)c1ccccc1. The van der Waals surface area contributed by atoms with Gasteiger partial charge in [-0.05, 0) is 18.6 Å². The summed E-state index contributed by atoms with van der Waals surface area (Å²) in [6, 6.07) is 10.5. The first-order valence-electron chi connectivity index (χ1n) is 4.71. The van der Waals surface area contributed by atoms with Crippen LogP contribution in [0.3, 0.4) is 0 Å². The van der Waals surface area contributed by atoms with Crippen molar-refractivity contribution >= 4 is 12.8 Å². The summed E-state index contributed by atoms with van der Waals surface area (Å²) in [6.07, 6.45) is 1.09. The highest BCUT2D eigenvalue weighted by Crippen LogP contribution is 2.50. The quantitative estimate of drug-likeness (QED) is 0.674. The molecule has 0 aliphatic heterocycles. The second kappa shape index (κ2) is 4.74. The van der Waals surface area contributed by atoms with Crippen LogP contribution in [0.25, 0.3) is 0 Å². The normalized spacial score (nSPS) is 11.6. The predicted molar refractivity (Wildman–Crippen MR) is 61.1 cm³/mol. The molecule has 0 radical (unpaired) electrons. The molecule has 0 atom stereocenters. The van der Waals surface area contributed by atoms with E-state index in [4.69, 9.17) is 4.52 Å². The summed E-state index contributed by atoms with van der Waals surface area (Å²) in [6.45, 7) is 7.46. The number of hydrogen-bond acceptors (Lipinski definition) is 1. The van der Waals surface area contributed by atoms with Crippen LogP contribution < -0.4 is 5.30 Å². The first kappa shape index (κ1) is 10.7. The number of benzene rings is 1. The van der Waals surface area contributed by atoms with Gasteiger partial charge in [-0.25, -0.2) is 4.52 Å². The van der Waals surface area contributed by atoms with E-state index in [2.05, 4.69) is 44.5 Å². The van der Waals surface area contributed by atoms with Crippen LogP contribution in [0.1, 0.15) is 13.3 Å². The Hall–Kier alpha value is -0.390. The van der Waals surface area contributed by atoms with E-state index in [-0.39, 0.29) is 0 Å². The van der Waals surface area contributed by atoms with E-state index in [0.29, 0.717) is 0 Å². The van der Waals surface area contributed by atoms with Crippen LogP contribution in [0, 0.1) is 0 Å². The van der Waals surface area contributed by atoms with Crippen molar-refractivity contribution in [2.45, 2.75) is 13.3 Å². The summed E-state index contributed by atoms with van der Waals surface area (Å²) < 4.78 is 5.88. The molecular weight excluding hydrogens is 179 g/mol. The van der Waals surface area contributed by atoms with Gasteiger partial charge in [-0.1, -0.05) is 25.1 Å². The average Bonchev–Trinajstić information content (AvgIpc) is 2.16. The summed E-state index contributed by atoms with van der Waals surface area (Å²) in [5, 5.41) is 1.35. The maximum absolute atomic E-state index is 5.88. The molecule has 13 heavy (non-hydrogen) atoms. The molecule has 0 aliphatic rings. The largest absolute Gasteiger partial charge is 0.233 e. The zero-order chi connectivity index (χ0) is 9.73. The molecule has 0 saturated carbocycles. The molecule has 0 saturated heterocycles. The Kier molecular flexibility index (Phi) is 3.90. The van der Waals surface area contributed by atoms with Crippen LogP contribution >= 0.6 is 7.49 Å². The fourth-order valence-electron chi connectivity index (χ4n) is 1.18. The molecule has 1 aromatic rings. The third-order valence-corrected chi connectivity index (χ3v) is 4.37. The van der Waals surface area contributed by atoms with Gasteiger partial charge >= 0.3 is 0 Å². The standard InChI is InChI=1S/C11H18OP/c1-4-10-12-13(2,3)11-8-6-5-7-9-11/h5-9H,4,10H2,1-3H3/q+1. The molecule has 0 unspecified atom stereocenters. The molecule has 1 nitrogen and oxygen atoms in total. The zero-order valence-electron chi connectivity index (χ0n) is 8.66. The Morgan fingerprint density at radius 3 is 2.31 bits per heavy atom. The first-order chi connectivity index (χ1) is 6.17. The number of rotatable bonds is 4. The van der Waals surface area contributed by atoms with Crippen molar-refractivity contribution in [1.29, 1.82) is 0 Å². The zero-order valence-corrected chi connectivity index (χ0v) is 9.55. The van der Waals surface area contributed by atoms with Crippen molar-refractivity contribution in [2.24, 2.45) is 0 Å². The van der Waals surface area contributed by atoms with E-state index in [0.717, 1.165) is 13.0 Å². The van der Waals surface area contributed by atoms with Gasteiger partial charge in [0.2, 0.25) is 0 Å². The van der Waals surface area contributed by atoms with E-state index in [1.807, 2.05) is 6.07 Å². The molecule has 1 aromatic carbocycles. The molecule has 0 amide bonds. The maximum atomic E-state index is 5.88. The summed E-state index contributed by atoms with van der Waals surface area (Å²) in [4.78, 5) is 0. The van der Waals surface area contributed by atoms with Gasteiger partial charge < -0.3 is 0 Å². The van der Waals surface area contributed by atoms with E-state index < -0.39 is 7.49 Å². The lowest BCUT2D eigenvalue weighted by atomic mass is 10.4. The molecule has 0 spiro atoms. The van der Waals surface area contributed by atoms with Crippen LogP contribution in [-0.2, 0) is 4.52 Å². The van der Waals surface area contributed by atoms with Gasteiger partial charge in [0.15, 0.2) is 7.49 Å². The Morgan fingerprint density at radius 1 is 1.15 bits per heavy atom. The van der Waals surface area contributed by atoms with Crippen molar-refractivity contribution in [3.8, 4) is 0 Å². The van der Waals surface area contributed by atoms with Crippen molar-refractivity contribution < 1.29 is 4.52 Å². The van der Waals surface area contributed by atoms with Crippen molar-refractivity contribution in [3.05, 3.63) is 30.3 Å². The highest BCUT2D eigenvalue weighted by Gasteiger charge is 2.29. The van der Waals surface area contributed by atoms with Gasteiger partial charge in [-0.15, -0.1) is 0 Å². The molecule has 0 aliphatic carbocycles. The number of hydrogen-bond donors (Lipinski definition) is 0. The topological polar surface area (TPSA) is 9.23 Å². The van der Waals surface area contributed by atoms with Crippen LogP contribution in [0.4, 0.5) is 0 Å². The van der Waals surface area contributed by atoms with Crippen LogP contribution in [-0.4, -0.2) is 19.9 Å². The Bertz CT molecular complexity index is 244. The second-order valence-electron chi connectivity index (χ2n) is 3.52. The summed E-state index contributed by atoms with van der Waals surface area (Å²) in [7, 11) is -1.31. The maximum Gasteiger partial charge on any atom is 0.172 e. The van der Waals surface area contributed by atoms with Gasteiger partial charge in [0.05, 0.1) is 19.9 Å².